The van der Waals surface area contributed by atoms with E-state index in [9.17, 15) is 4.79 Å². The summed E-state index contributed by atoms with van der Waals surface area (Å²) in [6.45, 7) is 4.54. The molecule has 1 heterocycles. The number of carbonyl (C=O) groups is 1. The molecule has 0 fully saturated rings. The second-order valence-corrected chi connectivity index (χ2v) is 3.20. The number of hydrogen-bond donors (Lipinski definition) is 0. The Labute approximate surface area is 78.7 Å². The maximum atomic E-state index is 11.1. The lowest BCUT2D eigenvalue weighted by atomic mass is 10.2. The molecule has 0 saturated heterocycles. The van der Waals surface area contributed by atoms with E-state index in [1.54, 1.807) is 6.92 Å². The molecule has 0 N–H and O–H groups in total. The Hall–Kier alpha value is -0.830. The van der Waals surface area contributed by atoms with Crippen LogP contribution in [-0.2, 0) is 14.3 Å². The monoisotopic (exact) mass is 184 g/mol. The standard InChI is InChI=1S/C10H16O3/c1-3-4-5-12-10-7-9(11)6-8(2)13-10/h6,10H,3-5,7H2,1-2H3. The van der Waals surface area contributed by atoms with E-state index in [-0.39, 0.29) is 12.1 Å². The molecule has 0 amide bonds. The van der Waals surface area contributed by atoms with Crippen molar-refractivity contribution in [1.82, 2.24) is 0 Å². The van der Waals surface area contributed by atoms with Gasteiger partial charge in [0, 0.05) is 6.08 Å². The van der Waals surface area contributed by atoms with Gasteiger partial charge in [-0.1, -0.05) is 13.3 Å². The third-order valence-electron chi connectivity index (χ3n) is 1.85. The molecule has 0 aromatic heterocycles. The molecule has 1 aliphatic rings. The van der Waals surface area contributed by atoms with Gasteiger partial charge in [-0.2, -0.15) is 0 Å². The molecule has 0 aromatic rings. The number of unbranched alkanes of at least 4 members (excludes halogenated alkanes) is 1. The van der Waals surface area contributed by atoms with E-state index < -0.39 is 0 Å². The van der Waals surface area contributed by atoms with Crippen LogP contribution < -0.4 is 0 Å². The normalized spacial score (nSPS) is 22.5. The summed E-state index contributed by atoms with van der Waals surface area (Å²) < 4.78 is 10.7. The fourth-order valence-corrected chi connectivity index (χ4v) is 1.18. The molecule has 0 aliphatic carbocycles. The third kappa shape index (κ3) is 3.59. The van der Waals surface area contributed by atoms with Crippen molar-refractivity contribution in [3.63, 3.8) is 0 Å². The van der Waals surface area contributed by atoms with Crippen molar-refractivity contribution >= 4 is 5.78 Å². The van der Waals surface area contributed by atoms with Crippen LogP contribution in [0.15, 0.2) is 11.8 Å². The number of carbonyl (C=O) groups excluding carboxylic acids is 1. The predicted octanol–water partition coefficient (Wildman–Crippen LogP) is 2.02. The Balaban J connectivity index is 2.29. The number of rotatable bonds is 4. The lowest BCUT2D eigenvalue weighted by molar-refractivity contribution is -0.145. The molecule has 0 aromatic carbocycles. The molecule has 74 valence electrons. The smallest absolute Gasteiger partial charge is 0.206 e. The van der Waals surface area contributed by atoms with Crippen LogP contribution in [0.1, 0.15) is 33.1 Å². The molecule has 3 nitrogen and oxygen atoms in total. The van der Waals surface area contributed by atoms with Crippen LogP contribution >= 0.6 is 0 Å². The molecule has 1 unspecified atom stereocenters. The first-order chi connectivity index (χ1) is 6.22. The third-order valence-corrected chi connectivity index (χ3v) is 1.85. The van der Waals surface area contributed by atoms with Crippen molar-refractivity contribution in [2.24, 2.45) is 0 Å². The molecule has 0 radical (unpaired) electrons. The van der Waals surface area contributed by atoms with E-state index in [1.165, 1.54) is 6.08 Å². The first-order valence-corrected chi connectivity index (χ1v) is 4.71. The van der Waals surface area contributed by atoms with Gasteiger partial charge in [-0.3, -0.25) is 4.79 Å². The van der Waals surface area contributed by atoms with Gasteiger partial charge >= 0.3 is 0 Å². The van der Waals surface area contributed by atoms with Crippen LogP contribution in [-0.4, -0.2) is 18.7 Å². The van der Waals surface area contributed by atoms with Crippen molar-refractivity contribution in [2.75, 3.05) is 6.61 Å². The molecule has 0 bridgehead atoms. The zero-order valence-electron chi connectivity index (χ0n) is 8.21. The average molecular weight is 184 g/mol. The number of ether oxygens (including phenoxy) is 2. The van der Waals surface area contributed by atoms with Crippen molar-refractivity contribution < 1.29 is 14.3 Å². The summed E-state index contributed by atoms with van der Waals surface area (Å²) in [4.78, 5) is 11.1. The van der Waals surface area contributed by atoms with Crippen LogP contribution in [0.25, 0.3) is 0 Å². The largest absolute Gasteiger partial charge is 0.469 e. The van der Waals surface area contributed by atoms with Crippen LogP contribution in [0.3, 0.4) is 0 Å². The lowest BCUT2D eigenvalue weighted by Crippen LogP contribution is -2.24. The summed E-state index contributed by atoms with van der Waals surface area (Å²) in [6.07, 6.45) is 3.61. The summed E-state index contributed by atoms with van der Waals surface area (Å²) in [6, 6.07) is 0. The van der Waals surface area contributed by atoms with Gasteiger partial charge in [0.05, 0.1) is 18.8 Å². The van der Waals surface area contributed by atoms with Gasteiger partial charge in [0.25, 0.3) is 0 Å². The molecule has 1 rings (SSSR count). The molecule has 3 heteroatoms. The van der Waals surface area contributed by atoms with E-state index in [2.05, 4.69) is 6.92 Å². The quantitative estimate of drug-likeness (QED) is 0.627. The minimum absolute atomic E-state index is 0.0882. The van der Waals surface area contributed by atoms with Crippen molar-refractivity contribution in [2.45, 2.75) is 39.4 Å². The second-order valence-electron chi connectivity index (χ2n) is 3.20. The van der Waals surface area contributed by atoms with E-state index in [0.29, 0.717) is 18.8 Å². The van der Waals surface area contributed by atoms with Crippen LogP contribution in [0, 0.1) is 0 Å². The molecule has 0 saturated carbocycles. The van der Waals surface area contributed by atoms with Gasteiger partial charge in [0.15, 0.2) is 5.78 Å². The number of allylic oxidation sites excluding steroid dienone is 2. The Morgan fingerprint density at radius 2 is 2.46 bits per heavy atom. The maximum absolute atomic E-state index is 11.1. The summed E-state index contributed by atoms with van der Waals surface area (Å²) >= 11 is 0. The molecule has 1 atom stereocenters. The van der Waals surface area contributed by atoms with Gasteiger partial charge in [0.2, 0.25) is 6.29 Å². The second kappa shape index (κ2) is 5.02. The van der Waals surface area contributed by atoms with Gasteiger partial charge < -0.3 is 9.47 Å². The molecular weight excluding hydrogens is 168 g/mol. The Morgan fingerprint density at radius 3 is 3.08 bits per heavy atom. The Bertz CT molecular complexity index is 208. The minimum atomic E-state index is -0.357. The maximum Gasteiger partial charge on any atom is 0.206 e. The van der Waals surface area contributed by atoms with Gasteiger partial charge in [-0.15, -0.1) is 0 Å². The van der Waals surface area contributed by atoms with Crippen molar-refractivity contribution in [3.05, 3.63) is 11.8 Å². The highest BCUT2D eigenvalue weighted by atomic mass is 16.7. The zero-order valence-corrected chi connectivity index (χ0v) is 8.21. The summed E-state index contributed by atoms with van der Waals surface area (Å²) in [5, 5.41) is 0. The lowest BCUT2D eigenvalue weighted by Gasteiger charge is -2.22. The number of hydrogen-bond acceptors (Lipinski definition) is 3. The van der Waals surface area contributed by atoms with Crippen molar-refractivity contribution in [1.29, 1.82) is 0 Å². The van der Waals surface area contributed by atoms with E-state index in [4.69, 9.17) is 9.47 Å². The fourth-order valence-electron chi connectivity index (χ4n) is 1.18. The molecule has 13 heavy (non-hydrogen) atoms. The first-order valence-electron chi connectivity index (χ1n) is 4.71. The summed E-state index contributed by atoms with van der Waals surface area (Å²) in [7, 11) is 0. The highest BCUT2D eigenvalue weighted by Gasteiger charge is 2.19. The van der Waals surface area contributed by atoms with E-state index in [1.807, 2.05) is 0 Å². The van der Waals surface area contributed by atoms with Gasteiger partial charge in [-0.05, 0) is 13.3 Å². The zero-order chi connectivity index (χ0) is 9.68. The Kier molecular flexibility index (Phi) is 3.96. The van der Waals surface area contributed by atoms with Crippen molar-refractivity contribution in [3.8, 4) is 0 Å². The fraction of sp³-hybridized carbons (Fsp3) is 0.700. The Morgan fingerprint density at radius 1 is 1.69 bits per heavy atom. The minimum Gasteiger partial charge on any atom is -0.469 e. The number of ketones is 1. The molecule has 1 aliphatic heterocycles. The highest BCUT2D eigenvalue weighted by molar-refractivity contribution is 5.90. The molecular formula is C10H16O3. The van der Waals surface area contributed by atoms with Gasteiger partial charge in [0.1, 0.15) is 0 Å². The van der Waals surface area contributed by atoms with E-state index >= 15 is 0 Å². The van der Waals surface area contributed by atoms with E-state index in [0.717, 1.165) is 12.8 Å². The van der Waals surface area contributed by atoms with Crippen LogP contribution in [0.2, 0.25) is 0 Å². The summed E-state index contributed by atoms with van der Waals surface area (Å²) in [5.41, 5.74) is 0. The topological polar surface area (TPSA) is 35.5 Å². The summed E-state index contributed by atoms with van der Waals surface area (Å²) in [5.74, 6) is 0.739. The highest BCUT2D eigenvalue weighted by Crippen LogP contribution is 2.15. The molecule has 0 spiro atoms. The average Bonchev–Trinajstić information content (AvgIpc) is 2.03. The predicted molar refractivity (Wildman–Crippen MR) is 49.1 cm³/mol. The SMILES string of the molecule is CCCCOC1CC(=O)C=C(C)O1. The van der Waals surface area contributed by atoms with Crippen LogP contribution in [0.4, 0.5) is 0 Å². The van der Waals surface area contributed by atoms with Gasteiger partial charge in [-0.25, -0.2) is 0 Å². The first kappa shape index (κ1) is 10.3. The van der Waals surface area contributed by atoms with Crippen LogP contribution in [0.5, 0.6) is 0 Å².